The lowest BCUT2D eigenvalue weighted by atomic mass is 9.79. The first-order chi connectivity index (χ1) is 11.1. The monoisotopic (exact) mass is 316 g/mol. The van der Waals surface area contributed by atoms with Gasteiger partial charge in [-0.3, -0.25) is 0 Å². The number of fused-ring (bicyclic) bond motifs is 7. The SMILES string of the molecule is Cc1ccc2c(c1)C(C)(C)c1c-2ccc2sc3c(c12)C=CCC3. The summed E-state index contributed by atoms with van der Waals surface area (Å²) in [5.74, 6) is 0. The molecule has 1 aromatic heterocycles. The zero-order valence-corrected chi connectivity index (χ0v) is 14.7. The minimum Gasteiger partial charge on any atom is -0.140 e. The Balaban J connectivity index is 1.94. The van der Waals surface area contributed by atoms with Gasteiger partial charge in [-0.1, -0.05) is 55.8 Å². The molecule has 23 heavy (non-hydrogen) atoms. The number of benzene rings is 2. The van der Waals surface area contributed by atoms with Crippen LogP contribution in [0.1, 0.15) is 47.4 Å². The molecular weight excluding hydrogens is 296 g/mol. The lowest BCUT2D eigenvalue weighted by Gasteiger charge is -2.23. The summed E-state index contributed by atoms with van der Waals surface area (Å²) in [6.07, 6.45) is 7.09. The number of rotatable bonds is 0. The molecule has 0 radical (unpaired) electrons. The molecule has 3 aromatic rings. The molecule has 2 aliphatic carbocycles. The highest BCUT2D eigenvalue weighted by Crippen LogP contribution is 2.54. The van der Waals surface area contributed by atoms with E-state index in [4.69, 9.17) is 0 Å². The van der Waals surface area contributed by atoms with Gasteiger partial charge in [0.1, 0.15) is 0 Å². The van der Waals surface area contributed by atoms with Crippen LogP contribution in [0.5, 0.6) is 0 Å². The normalized spacial score (nSPS) is 17.2. The van der Waals surface area contributed by atoms with Crippen LogP contribution >= 0.6 is 11.3 Å². The molecule has 1 heterocycles. The van der Waals surface area contributed by atoms with Crippen molar-refractivity contribution in [2.75, 3.05) is 0 Å². The maximum Gasteiger partial charge on any atom is 0.0355 e. The standard InChI is InChI=1S/C22H20S/c1-13-8-9-14-15-10-11-19-20(16-6-4-5-7-18(16)23-19)21(15)22(2,3)17(14)12-13/h4,6,8-12H,5,7H2,1-3H3. The Bertz CT molecular complexity index is 998. The van der Waals surface area contributed by atoms with Crippen molar-refractivity contribution in [1.29, 1.82) is 0 Å². The quantitative estimate of drug-likeness (QED) is 0.445. The summed E-state index contributed by atoms with van der Waals surface area (Å²) >= 11 is 2.00. The minimum atomic E-state index is 0.0797. The smallest absolute Gasteiger partial charge is 0.0355 e. The molecule has 0 aliphatic heterocycles. The van der Waals surface area contributed by atoms with E-state index in [2.05, 4.69) is 63.3 Å². The molecule has 0 saturated carbocycles. The van der Waals surface area contributed by atoms with E-state index in [-0.39, 0.29) is 5.41 Å². The highest BCUT2D eigenvalue weighted by atomic mass is 32.1. The van der Waals surface area contributed by atoms with Crippen molar-refractivity contribution in [2.45, 2.75) is 39.0 Å². The zero-order chi connectivity index (χ0) is 15.8. The lowest BCUT2D eigenvalue weighted by molar-refractivity contribution is 0.665. The highest BCUT2D eigenvalue weighted by Gasteiger charge is 2.38. The van der Waals surface area contributed by atoms with Crippen LogP contribution in [0.2, 0.25) is 0 Å². The largest absolute Gasteiger partial charge is 0.140 e. The molecule has 114 valence electrons. The molecule has 5 rings (SSSR count). The first-order valence-electron chi connectivity index (χ1n) is 8.44. The van der Waals surface area contributed by atoms with E-state index in [1.165, 1.54) is 50.7 Å². The Kier molecular flexibility index (Phi) is 2.57. The van der Waals surface area contributed by atoms with Gasteiger partial charge in [-0.15, -0.1) is 11.3 Å². The molecule has 0 bridgehead atoms. The van der Waals surface area contributed by atoms with Crippen molar-refractivity contribution in [3.05, 3.63) is 63.5 Å². The molecule has 0 unspecified atom stereocenters. The summed E-state index contributed by atoms with van der Waals surface area (Å²) in [6, 6.07) is 11.6. The van der Waals surface area contributed by atoms with E-state index < -0.39 is 0 Å². The van der Waals surface area contributed by atoms with Gasteiger partial charge >= 0.3 is 0 Å². The fraction of sp³-hybridized carbons (Fsp3) is 0.273. The van der Waals surface area contributed by atoms with Crippen molar-refractivity contribution >= 4 is 27.5 Å². The second-order valence-corrected chi connectivity index (χ2v) is 8.55. The number of hydrogen-bond acceptors (Lipinski definition) is 1. The average molecular weight is 316 g/mol. The fourth-order valence-electron chi connectivity index (χ4n) is 4.46. The molecule has 0 atom stereocenters. The van der Waals surface area contributed by atoms with Gasteiger partial charge in [0.15, 0.2) is 0 Å². The van der Waals surface area contributed by atoms with Gasteiger partial charge in [0, 0.05) is 20.4 Å². The van der Waals surface area contributed by atoms with Crippen LogP contribution in [0.25, 0.3) is 27.3 Å². The summed E-state index contributed by atoms with van der Waals surface area (Å²) in [5, 5.41) is 1.51. The number of aryl methyl sites for hydroxylation is 2. The molecule has 0 saturated heterocycles. The van der Waals surface area contributed by atoms with E-state index in [1.807, 2.05) is 11.3 Å². The van der Waals surface area contributed by atoms with Crippen LogP contribution in [0, 0.1) is 6.92 Å². The van der Waals surface area contributed by atoms with Crippen LogP contribution in [0.15, 0.2) is 36.4 Å². The molecule has 0 N–H and O–H groups in total. The van der Waals surface area contributed by atoms with Gasteiger partial charge in [0.05, 0.1) is 0 Å². The molecule has 2 aromatic carbocycles. The first kappa shape index (κ1) is 13.6. The molecule has 0 amide bonds. The Hall–Kier alpha value is -1.86. The van der Waals surface area contributed by atoms with Crippen LogP contribution in [0.3, 0.4) is 0 Å². The Morgan fingerprint density at radius 1 is 1.04 bits per heavy atom. The van der Waals surface area contributed by atoms with Crippen molar-refractivity contribution in [2.24, 2.45) is 0 Å². The second-order valence-electron chi connectivity index (χ2n) is 7.42. The van der Waals surface area contributed by atoms with E-state index in [0.29, 0.717) is 0 Å². The van der Waals surface area contributed by atoms with Gasteiger partial charge < -0.3 is 0 Å². The van der Waals surface area contributed by atoms with Crippen LogP contribution < -0.4 is 0 Å². The molecule has 0 spiro atoms. The molecule has 0 fully saturated rings. The van der Waals surface area contributed by atoms with Gasteiger partial charge in [-0.05, 0) is 53.6 Å². The van der Waals surface area contributed by atoms with Crippen LogP contribution in [0.4, 0.5) is 0 Å². The van der Waals surface area contributed by atoms with Gasteiger partial charge in [-0.25, -0.2) is 0 Å². The zero-order valence-electron chi connectivity index (χ0n) is 13.9. The Morgan fingerprint density at radius 3 is 2.74 bits per heavy atom. The summed E-state index contributed by atoms with van der Waals surface area (Å²) in [6.45, 7) is 6.99. The van der Waals surface area contributed by atoms with Crippen molar-refractivity contribution in [1.82, 2.24) is 0 Å². The molecular formula is C22H20S. The number of allylic oxidation sites excluding steroid dienone is 1. The molecule has 0 nitrogen and oxygen atoms in total. The highest BCUT2D eigenvalue weighted by molar-refractivity contribution is 7.19. The maximum absolute atomic E-state index is 2.40. The number of hydrogen-bond donors (Lipinski definition) is 0. The number of thiophene rings is 1. The maximum atomic E-state index is 2.40. The van der Waals surface area contributed by atoms with E-state index in [9.17, 15) is 0 Å². The second kappa shape index (κ2) is 4.36. The first-order valence-corrected chi connectivity index (χ1v) is 9.26. The summed E-state index contributed by atoms with van der Waals surface area (Å²) in [5.41, 5.74) is 8.82. The van der Waals surface area contributed by atoms with Crippen LogP contribution in [-0.2, 0) is 11.8 Å². The van der Waals surface area contributed by atoms with E-state index in [0.717, 1.165) is 0 Å². The summed E-state index contributed by atoms with van der Waals surface area (Å²) in [4.78, 5) is 1.57. The van der Waals surface area contributed by atoms with Crippen LogP contribution in [-0.4, -0.2) is 0 Å². The lowest BCUT2D eigenvalue weighted by Crippen LogP contribution is -2.15. The Labute approximate surface area is 141 Å². The van der Waals surface area contributed by atoms with Gasteiger partial charge in [-0.2, -0.15) is 0 Å². The third kappa shape index (κ3) is 1.66. The summed E-state index contributed by atoms with van der Waals surface area (Å²) < 4.78 is 1.46. The third-order valence-corrected chi connectivity index (χ3v) is 6.79. The molecule has 1 heteroatoms. The van der Waals surface area contributed by atoms with Gasteiger partial charge in [0.25, 0.3) is 0 Å². The van der Waals surface area contributed by atoms with Crippen molar-refractivity contribution < 1.29 is 0 Å². The topological polar surface area (TPSA) is 0 Å². The van der Waals surface area contributed by atoms with Gasteiger partial charge in [0.2, 0.25) is 0 Å². The minimum absolute atomic E-state index is 0.0797. The summed E-state index contributed by atoms with van der Waals surface area (Å²) in [7, 11) is 0. The predicted octanol–water partition coefficient (Wildman–Crippen LogP) is 6.48. The van der Waals surface area contributed by atoms with Crippen molar-refractivity contribution in [3.63, 3.8) is 0 Å². The Morgan fingerprint density at radius 2 is 1.87 bits per heavy atom. The van der Waals surface area contributed by atoms with E-state index in [1.54, 1.807) is 10.4 Å². The fourth-order valence-corrected chi connectivity index (χ4v) is 5.67. The predicted molar refractivity (Wildman–Crippen MR) is 101 cm³/mol. The van der Waals surface area contributed by atoms with E-state index >= 15 is 0 Å². The third-order valence-electron chi connectivity index (χ3n) is 5.56. The molecule has 2 aliphatic rings. The van der Waals surface area contributed by atoms with Crippen molar-refractivity contribution in [3.8, 4) is 11.1 Å². The average Bonchev–Trinajstić information content (AvgIpc) is 3.01.